The second-order valence-corrected chi connectivity index (χ2v) is 6.00. The van der Waals surface area contributed by atoms with Crippen molar-refractivity contribution >= 4 is 29.2 Å². The van der Waals surface area contributed by atoms with Crippen molar-refractivity contribution in [3.8, 4) is 10.6 Å². The Morgan fingerprint density at radius 3 is 2.43 bits per heavy atom. The van der Waals surface area contributed by atoms with E-state index in [0.717, 1.165) is 20.4 Å². The number of urea groups is 1. The summed E-state index contributed by atoms with van der Waals surface area (Å²) in [5.41, 5.74) is 1.58. The van der Waals surface area contributed by atoms with E-state index in [1.807, 2.05) is 37.3 Å². The number of carbonyl (C=O) groups excluding carboxylic acids is 3. The molecule has 118 valence electrons. The highest BCUT2D eigenvalue weighted by atomic mass is 32.1. The first kappa shape index (κ1) is 15.4. The fraction of sp³-hybridized carbons (Fsp3) is 0.250. The number of benzene rings is 1. The summed E-state index contributed by atoms with van der Waals surface area (Å²) >= 11 is 1.44. The first-order valence-electron chi connectivity index (χ1n) is 7.29. The topological polar surface area (TPSA) is 70.6 Å². The number of rotatable bonds is 5. The normalized spacial score (nSPS) is 14.9. The Labute approximate surface area is 137 Å². The summed E-state index contributed by atoms with van der Waals surface area (Å²) in [5.74, 6) is -1.53. The lowest BCUT2D eigenvalue weighted by Gasteiger charge is -2.13. The predicted octanol–water partition coefficient (Wildman–Crippen LogP) is 2.51. The van der Waals surface area contributed by atoms with E-state index in [1.54, 1.807) is 5.38 Å². The van der Waals surface area contributed by atoms with Gasteiger partial charge in [0.25, 0.3) is 0 Å². The van der Waals surface area contributed by atoms with Crippen molar-refractivity contribution in [2.75, 3.05) is 6.54 Å². The van der Waals surface area contributed by atoms with Crippen molar-refractivity contribution in [2.45, 2.75) is 19.9 Å². The van der Waals surface area contributed by atoms with E-state index < -0.39 is 17.8 Å². The molecule has 1 fully saturated rings. The summed E-state index contributed by atoms with van der Waals surface area (Å²) in [5, 5.41) is 2.62. The maximum Gasteiger partial charge on any atom is 0.334 e. The summed E-state index contributed by atoms with van der Waals surface area (Å²) in [6.07, 6.45) is 0.619. The van der Waals surface area contributed by atoms with Crippen LogP contribution in [0.2, 0.25) is 0 Å². The molecular weight excluding hydrogens is 314 g/mol. The summed E-state index contributed by atoms with van der Waals surface area (Å²) in [6.45, 7) is 2.12. The molecule has 1 aliphatic rings. The van der Waals surface area contributed by atoms with Crippen LogP contribution in [0.5, 0.6) is 0 Å². The van der Waals surface area contributed by atoms with Gasteiger partial charge in [-0.25, -0.2) is 14.7 Å². The molecule has 0 bridgehead atoms. The molecule has 1 aromatic carbocycles. The number of nitrogens with zero attached hydrogens (tertiary/aromatic N) is 3. The SMILES string of the molecule is CCCN1C(=O)C(=O)N(Cc2csc(-c3ccccc3)n2)C1=O. The van der Waals surface area contributed by atoms with Gasteiger partial charge in [-0.15, -0.1) is 11.3 Å². The molecule has 0 N–H and O–H groups in total. The van der Waals surface area contributed by atoms with Crippen molar-refractivity contribution in [3.63, 3.8) is 0 Å². The molecule has 0 radical (unpaired) electrons. The number of thiazole rings is 1. The number of hydrogen-bond acceptors (Lipinski definition) is 5. The molecule has 0 saturated carbocycles. The second kappa shape index (κ2) is 6.29. The van der Waals surface area contributed by atoms with Crippen LogP contribution < -0.4 is 0 Å². The van der Waals surface area contributed by atoms with E-state index in [9.17, 15) is 14.4 Å². The summed E-state index contributed by atoms with van der Waals surface area (Å²) in [7, 11) is 0. The number of aromatic nitrogens is 1. The van der Waals surface area contributed by atoms with Gasteiger partial charge >= 0.3 is 17.8 Å². The van der Waals surface area contributed by atoms with E-state index in [2.05, 4.69) is 4.98 Å². The van der Waals surface area contributed by atoms with Gasteiger partial charge < -0.3 is 0 Å². The van der Waals surface area contributed by atoms with Crippen molar-refractivity contribution in [3.05, 3.63) is 41.4 Å². The first-order valence-corrected chi connectivity index (χ1v) is 8.17. The largest absolute Gasteiger partial charge is 0.334 e. The van der Waals surface area contributed by atoms with E-state index in [-0.39, 0.29) is 13.1 Å². The molecule has 1 aromatic heterocycles. The monoisotopic (exact) mass is 329 g/mol. The number of imide groups is 2. The molecule has 3 rings (SSSR count). The van der Waals surface area contributed by atoms with Gasteiger partial charge in [0.15, 0.2) is 0 Å². The van der Waals surface area contributed by atoms with Crippen LogP contribution in [0.3, 0.4) is 0 Å². The van der Waals surface area contributed by atoms with Gasteiger partial charge in [0.2, 0.25) is 0 Å². The first-order chi connectivity index (χ1) is 11.1. The highest BCUT2D eigenvalue weighted by Crippen LogP contribution is 2.25. The molecule has 1 saturated heterocycles. The Hall–Kier alpha value is -2.54. The molecular formula is C16H15N3O3S. The van der Waals surface area contributed by atoms with Crippen LogP contribution in [0.15, 0.2) is 35.7 Å². The average molecular weight is 329 g/mol. The fourth-order valence-corrected chi connectivity index (χ4v) is 3.18. The Kier molecular flexibility index (Phi) is 4.20. The zero-order valence-electron chi connectivity index (χ0n) is 12.6. The Bertz CT molecular complexity index is 757. The predicted molar refractivity (Wildman–Crippen MR) is 85.5 cm³/mol. The molecule has 2 heterocycles. The molecule has 6 nitrogen and oxygen atoms in total. The van der Waals surface area contributed by atoms with Crippen LogP contribution in [0.25, 0.3) is 10.6 Å². The fourth-order valence-electron chi connectivity index (χ4n) is 2.37. The van der Waals surface area contributed by atoms with E-state index in [1.165, 1.54) is 11.3 Å². The number of amides is 4. The van der Waals surface area contributed by atoms with Crippen molar-refractivity contribution in [1.82, 2.24) is 14.8 Å². The zero-order chi connectivity index (χ0) is 16.4. The van der Waals surface area contributed by atoms with Crippen LogP contribution in [0, 0.1) is 0 Å². The van der Waals surface area contributed by atoms with Crippen LogP contribution in [0.1, 0.15) is 19.0 Å². The van der Waals surface area contributed by atoms with Crippen molar-refractivity contribution < 1.29 is 14.4 Å². The summed E-state index contributed by atoms with van der Waals surface area (Å²) < 4.78 is 0. The number of carbonyl (C=O) groups is 3. The Morgan fingerprint density at radius 2 is 1.74 bits per heavy atom. The van der Waals surface area contributed by atoms with E-state index in [4.69, 9.17) is 0 Å². The van der Waals surface area contributed by atoms with Crippen LogP contribution in [-0.2, 0) is 16.1 Å². The van der Waals surface area contributed by atoms with E-state index in [0.29, 0.717) is 12.1 Å². The molecule has 7 heteroatoms. The molecule has 0 spiro atoms. The molecule has 1 aliphatic heterocycles. The minimum atomic E-state index is -0.780. The third-order valence-electron chi connectivity index (χ3n) is 3.47. The zero-order valence-corrected chi connectivity index (χ0v) is 13.4. The molecule has 23 heavy (non-hydrogen) atoms. The minimum absolute atomic E-state index is 0.0208. The molecule has 4 amide bonds. The maximum absolute atomic E-state index is 12.2. The maximum atomic E-state index is 12.2. The Morgan fingerprint density at radius 1 is 1.04 bits per heavy atom. The number of hydrogen-bond donors (Lipinski definition) is 0. The van der Waals surface area contributed by atoms with Crippen molar-refractivity contribution in [1.29, 1.82) is 0 Å². The molecule has 0 atom stereocenters. The van der Waals surface area contributed by atoms with Gasteiger partial charge in [-0.05, 0) is 6.42 Å². The smallest absolute Gasteiger partial charge is 0.263 e. The molecule has 2 aromatic rings. The lowest BCUT2D eigenvalue weighted by atomic mass is 10.2. The third kappa shape index (κ3) is 2.87. The van der Waals surface area contributed by atoms with Gasteiger partial charge in [-0.1, -0.05) is 37.3 Å². The lowest BCUT2D eigenvalue weighted by Crippen LogP contribution is -2.33. The molecule has 0 unspecified atom stereocenters. The highest BCUT2D eigenvalue weighted by molar-refractivity contribution is 7.13. The third-order valence-corrected chi connectivity index (χ3v) is 4.42. The summed E-state index contributed by atoms with van der Waals surface area (Å²) in [6, 6.07) is 9.10. The van der Waals surface area contributed by atoms with Gasteiger partial charge in [-0.2, -0.15) is 0 Å². The van der Waals surface area contributed by atoms with Gasteiger partial charge in [0.05, 0.1) is 12.2 Å². The van der Waals surface area contributed by atoms with Crippen LogP contribution in [0.4, 0.5) is 4.79 Å². The average Bonchev–Trinajstić information content (AvgIpc) is 3.11. The second-order valence-electron chi connectivity index (χ2n) is 5.14. The lowest BCUT2D eigenvalue weighted by molar-refractivity contribution is -0.143. The summed E-state index contributed by atoms with van der Waals surface area (Å²) in [4.78, 5) is 42.4. The van der Waals surface area contributed by atoms with Crippen LogP contribution in [-0.4, -0.2) is 39.2 Å². The van der Waals surface area contributed by atoms with Gasteiger partial charge in [-0.3, -0.25) is 14.5 Å². The van der Waals surface area contributed by atoms with Crippen molar-refractivity contribution in [2.24, 2.45) is 0 Å². The van der Waals surface area contributed by atoms with Crippen LogP contribution >= 0.6 is 11.3 Å². The highest BCUT2D eigenvalue weighted by Gasteiger charge is 2.44. The molecule has 0 aliphatic carbocycles. The minimum Gasteiger partial charge on any atom is -0.263 e. The Balaban J connectivity index is 1.78. The van der Waals surface area contributed by atoms with Gasteiger partial charge in [0, 0.05) is 17.5 Å². The quantitative estimate of drug-likeness (QED) is 0.624. The standard InChI is InChI=1S/C16H15N3O3S/c1-2-8-18-14(20)15(21)19(16(18)22)9-12-10-23-13(17-12)11-6-4-3-5-7-11/h3-7,10H,2,8-9H2,1H3. The van der Waals surface area contributed by atoms with E-state index >= 15 is 0 Å². The van der Waals surface area contributed by atoms with Gasteiger partial charge in [0.1, 0.15) is 5.01 Å².